The first-order chi connectivity index (χ1) is 11.0. The van der Waals surface area contributed by atoms with Crippen LogP contribution in [0.1, 0.15) is 38.7 Å². The van der Waals surface area contributed by atoms with Crippen molar-refractivity contribution in [1.29, 1.82) is 0 Å². The highest BCUT2D eigenvalue weighted by molar-refractivity contribution is 5.77. The van der Waals surface area contributed by atoms with Gasteiger partial charge >= 0.3 is 6.03 Å². The molecule has 6 nitrogen and oxygen atoms in total. The van der Waals surface area contributed by atoms with Crippen molar-refractivity contribution in [2.75, 3.05) is 19.6 Å². The first-order valence-corrected chi connectivity index (χ1v) is 8.35. The maximum Gasteiger partial charge on any atom is 0.317 e. The lowest BCUT2D eigenvalue weighted by Gasteiger charge is -2.32. The number of amides is 3. The van der Waals surface area contributed by atoms with Crippen LogP contribution in [0.3, 0.4) is 0 Å². The molecule has 0 spiro atoms. The molecular formula is C17H27N3O3. The van der Waals surface area contributed by atoms with Crippen molar-refractivity contribution < 1.29 is 14.0 Å². The second-order valence-electron chi connectivity index (χ2n) is 6.65. The molecule has 2 rings (SSSR count). The van der Waals surface area contributed by atoms with Crippen molar-refractivity contribution in [2.24, 2.45) is 11.8 Å². The van der Waals surface area contributed by atoms with Crippen molar-refractivity contribution >= 4 is 11.9 Å². The minimum atomic E-state index is -0.0118. The van der Waals surface area contributed by atoms with E-state index in [0.717, 1.165) is 24.9 Å². The Hall–Kier alpha value is -1.98. The third-order valence-corrected chi connectivity index (χ3v) is 4.01. The Morgan fingerprint density at radius 2 is 2.22 bits per heavy atom. The fourth-order valence-corrected chi connectivity index (χ4v) is 2.75. The average molecular weight is 321 g/mol. The smallest absolute Gasteiger partial charge is 0.317 e. The Morgan fingerprint density at radius 1 is 1.39 bits per heavy atom. The predicted molar refractivity (Wildman–Crippen MR) is 87.7 cm³/mol. The van der Waals surface area contributed by atoms with E-state index in [4.69, 9.17) is 4.42 Å². The molecule has 0 radical (unpaired) electrons. The number of carbonyl (C=O) groups excluding carboxylic acids is 2. The van der Waals surface area contributed by atoms with E-state index >= 15 is 0 Å². The molecule has 2 heterocycles. The van der Waals surface area contributed by atoms with Crippen LogP contribution in [0.15, 0.2) is 23.0 Å². The summed E-state index contributed by atoms with van der Waals surface area (Å²) in [6.45, 7) is 6.75. The number of carbonyl (C=O) groups is 2. The van der Waals surface area contributed by atoms with Gasteiger partial charge in [0, 0.05) is 38.2 Å². The topological polar surface area (TPSA) is 74.6 Å². The molecule has 128 valence electrons. The molecule has 1 fully saturated rings. The summed E-state index contributed by atoms with van der Waals surface area (Å²) >= 11 is 0. The summed E-state index contributed by atoms with van der Waals surface area (Å²) in [5, 5.41) is 5.84. The Morgan fingerprint density at radius 3 is 2.91 bits per heavy atom. The molecule has 1 aliphatic rings. The largest absolute Gasteiger partial charge is 0.472 e. The second-order valence-corrected chi connectivity index (χ2v) is 6.65. The van der Waals surface area contributed by atoms with Gasteiger partial charge in [-0.2, -0.15) is 0 Å². The SMILES string of the molecule is CC(C)CNC(=O)N1CCCC(CC(=O)NCc2ccoc2)C1. The van der Waals surface area contributed by atoms with Gasteiger partial charge in [0.1, 0.15) is 0 Å². The minimum absolute atomic E-state index is 0.0118. The third-order valence-electron chi connectivity index (χ3n) is 4.01. The molecule has 1 atom stereocenters. The fourth-order valence-electron chi connectivity index (χ4n) is 2.75. The highest BCUT2D eigenvalue weighted by atomic mass is 16.3. The Balaban J connectivity index is 1.72. The molecule has 1 aromatic heterocycles. The maximum absolute atomic E-state index is 12.1. The number of furan rings is 1. The Bertz CT molecular complexity index is 499. The number of hydrogen-bond acceptors (Lipinski definition) is 3. The summed E-state index contributed by atoms with van der Waals surface area (Å²) in [5.74, 6) is 0.701. The zero-order chi connectivity index (χ0) is 16.7. The van der Waals surface area contributed by atoms with Gasteiger partial charge in [-0.15, -0.1) is 0 Å². The van der Waals surface area contributed by atoms with Gasteiger partial charge in [0.05, 0.1) is 12.5 Å². The Kier molecular flexibility index (Phi) is 6.50. The van der Waals surface area contributed by atoms with E-state index in [-0.39, 0.29) is 17.9 Å². The molecule has 1 saturated heterocycles. The van der Waals surface area contributed by atoms with Crippen molar-refractivity contribution in [3.63, 3.8) is 0 Å². The average Bonchev–Trinajstić information content (AvgIpc) is 3.04. The highest BCUT2D eigenvalue weighted by Gasteiger charge is 2.25. The monoisotopic (exact) mass is 321 g/mol. The lowest BCUT2D eigenvalue weighted by atomic mass is 9.94. The zero-order valence-electron chi connectivity index (χ0n) is 14.0. The molecule has 0 bridgehead atoms. The number of nitrogens with one attached hydrogen (secondary N) is 2. The standard InChI is InChI=1S/C17H27N3O3/c1-13(2)9-19-17(22)20-6-3-4-14(11-20)8-16(21)18-10-15-5-7-23-12-15/h5,7,12-14H,3-4,6,8-11H2,1-2H3,(H,18,21)(H,19,22). The molecule has 0 saturated carbocycles. The number of nitrogens with zero attached hydrogens (tertiary/aromatic N) is 1. The highest BCUT2D eigenvalue weighted by Crippen LogP contribution is 2.19. The summed E-state index contributed by atoms with van der Waals surface area (Å²) in [7, 11) is 0. The first-order valence-electron chi connectivity index (χ1n) is 8.35. The Labute approximate surface area is 137 Å². The van der Waals surface area contributed by atoms with Crippen LogP contribution in [-0.4, -0.2) is 36.5 Å². The molecule has 0 aromatic carbocycles. The number of rotatable bonds is 6. The molecule has 1 aliphatic heterocycles. The van der Waals surface area contributed by atoms with E-state index < -0.39 is 0 Å². The number of likely N-dealkylation sites (tertiary alicyclic amines) is 1. The van der Waals surface area contributed by atoms with E-state index in [1.807, 2.05) is 11.0 Å². The van der Waals surface area contributed by atoms with Crippen LogP contribution in [-0.2, 0) is 11.3 Å². The van der Waals surface area contributed by atoms with Crippen LogP contribution in [0.5, 0.6) is 0 Å². The van der Waals surface area contributed by atoms with Gasteiger partial charge in [0.2, 0.25) is 5.91 Å². The number of urea groups is 1. The molecule has 3 amide bonds. The maximum atomic E-state index is 12.1. The summed E-state index contributed by atoms with van der Waals surface area (Å²) in [6, 6.07) is 1.82. The van der Waals surface area contributed by atoms with Crippen molar-refractivity contribution in [3.8, 4) is 0 Å². The van der Waals surface area contributed by atoms with Crippen molar-refractivity contribution in [2.45, 2.75) is 39.7 Å². The lowest BCUT2D eigenvalue weighted by molar-refractivity contribution is -0.122. The molecular weight excluding hydrogens is 294 g/mol. The molecule has 6 heteroatoms. The quantitative estimate of drug-likeness (QED) is 0.844. The van der Waals surface area contributed by atoms with Crippen LogP contribution in [0.25, 0.3) is 0 Å². The van der Waals surface area contributed by atoms with Gasteiger partial charge in [-0.25, -0.2) is 4.79 Å². The van der Waals surface area contributed by atoms with E-state index in [9.17, 15) is 9.59 Å². The van der Waals surface area contributed by atoms with Crippen LogP contribution in [0.4, 0.5) is 4.79 Å². The molecule has 1 aromatic rings. The van der Waals surface area contributed by atoms with Gasteiger partial charge in [-0.3, -0.25) is 4.79 Å². The van der Waals surface area contributed by atoms with Crippen LogP contribution >= 0.6 is 0 Å². The van der Waals surface area contributed by atoms with Crippen molar-refractivity contribution in [3.05, 3.63) is 24.2 Å². The van der Waals surface area contributed by atoms with Crippen LogP contribution in [0, 0.1) is 11.8 Å². The molecule has 23 heavy (non-hydrogen) atoms. The fraction of sp³-hybridized carbons (Fsp3) is 0.647. The van der Waals surface area contributed by atoms with E-state index in [1.165, 1.54) is 0 Å². The third kappa shape index (κ3) is 5.96. The van der Waals surface area contributed by atoms with Crippen molar-refractivity contribution in [1.82, 2.24) is 15.5 Å². The van der Waals surface area contributed by atoms with E-state index in [1.54, 1.807) is 12.5 Å². The van der Waals surface area contributed by atoms with Gasteiger partial charge in [0.25, 0.3) is 0 Å². The van der Waals surface area contributed by atoms with Crippen LogP contribution < -0.4 is 10.6 Å². The summed E-state index contributed by atoms with van der Waals surface area (Å²) in [5.41, 5.74) is 0.955. The molecule has 2 N–H and O–H groups in total. The van der Waals surface area contributed by atoms with Crippen LogP contribution in [0.2, 0.25) is 0 Å². The number of hydrogen-bond donors (Lipinski definition) is 2. The predicted octanol–water partition coefficient (Wildman–Crippen LogP) is 2.36. The summed E-state index contributed by atoms with van der Waals surface area (Å²) in [4.78, 5) is 26.0. The normalized spacial score (nSPS) is 18.0. The molecule has 1 unspecified atom stereocenters. The number of piperidine rings is 1. The van der Waals surface area contributed by atoms with E-state index in [2.05, 4.69) is 24.5 Å². The van der Waals surface area contributed by atoms with Gasteiger partial charge in [-0.1, -0.05) is 13.8 Å². The summed E-state index contributed by atoms with van der Waals surface area (Å²) < 4.78 is 4.97. The second kappa shape index (κ2) is 8.60. The summed E-state index contributed by atoms with van der Waals surface area (Å²) in [6.07, 6.45) is 5.63. The zero-order valence-corrected chi connectivity index (χ0v) is 14.0. The van der Waals surface area contributed by atoms with E-state index in [0.29, 0.717) is 32.0 Å². The first kappa shape index (κ1) is 17.4. The van der Waals surface area contributed by atoms with Gasteiger partial charge in [0.15, 0.2) is 0 Å². The minimum Gasteiger partial charge on any atom is -0.472 e. The lowest BCUT2D eigenvalue weighted by Crippen LogP contribution is -2.47. The molecule has 0 aliphatic carbocycles. The van der Waals surface area contributed by atoms with Gasteiger partial charge < -0.3 is 20.0 Å². The van der Waals surface area contributed by atoms with Gasteiger partial charge in [-0.05, 0) is 30.7 Å².